The van der Waals surface area contributed by atoms with Gasteiger partial charge < -0.3 is 9.84 Å². The molecule has 0 unspecified atom stereocenters. The summed E-state index contributed by atoms with van der Waals surface area (Å²) < 4.78 is 41.4. The van der Waals surface area contributed by atoms with E-state index in [0.29, 0.717) is 24.1 Å². The minimum Gasteiger partial charge on any atom is -0.329 e. The predicted molar refractivity (Wildman–Crippen MR) is 70.6 cm³/mol. The zero-order valence-electron chi connectivity index (χ0n) is 11.5. The molecule has 1 aliphatic rings. The van der Waals surface area contributed by atoms with E-state index in [9.17, 15) is 18.0 Å². The van der Waals surface area contributed by atoms with Crippen LogP contribution in [0.15, 0.2) is 28.8 Å². The third-order valence-electron chi connectivity index (χ3n) is 3.47. The number of nitriles is 1. The largest absolute Gasteiger partial charge is 0.471 e. The van der Waals surface area contributed by atoms with Crippen LogP contribution in [-0.4, -0.2) is 16.0 Å². The Kier molecular flexibility index (Phi) is 3.32. The average Bonchev–Trinajstić information content (AvgIpc) is 3.15. The van der Waals surface area contributed by atoms with E-state index in [1.165, 1.54) is 24.3 Å². The fourth-order valence-corrected chi connectivity index (χ4v) is 1.92. The Morgan fingerprint density at radius 2 is 1.96 bits per heavy atom. The fraction of sp³-hybridized carbons (Fsp3) is 0.286. The number of halogens is 3. The highest BCUT2D eigenvalue weighted by Gasteiger charge is 2.50. The molecule has 1 amide bonds. The highest BCUT2D eigenvalue weighted by molar-refractivity contribution is 5.99. The van der Waals surface area contributed by atoms with E-state index in [4.69, 9.17) is 5.26 Å². The third kappa shape index (κ3) is 2.88. The Labute approximate surface area is 127 Å². The molecular weight excluding hydrogens is 313 g/mol. The van der Waals surface area contributed by atoms with Gasteiger partial charge in [0.15, 0.2) is 0 Å². The molecule has 2 aromatic rings. The molecule has 0 saturated heterocycles. The maximum absolute atomic E-state index is 12.4. The van der Waals surface area contributed by atoms with Gasteiger partial charge in [-0.25, -0.2) is 0 Å². The van der Waals surface area contributed by atoms with Gasteiger partial charge in [0.25, 0.3) is 0 Å². The van der Waals surface area contributed by atoms with Gasteiger partial charge in [-0.3, -0.25) is 4.79 Å². The normalized spacial score (nSPS) is 15.7. The number of rotatable bonds is 3. The van der Waals surface area contributed by atoms with Crippen LogP contribution in [0.5, 0.6) is 0 Å². The Morgan fingerprint density at radius 1 is 1.30 bits per heavy atom. The van der Waals surface area contributed by atoms with Crippen molar-refractivity contribution < 1.29 is 22.5 Å². The summed E-state index contributed by atoms with van der Waals surface area (Å²) in [6, 6.07) is 7.86. The van der Waals surface area contributed by atoms with Crippen molar-refractivity contribution in [2.75, 3.05) is 5.32 Å². The number of aromatic nitrogens is 2. The van der Waals surface area contributed by atoms with Gasteiger partial charge in [-0.2, -0.15) is 23.4 Å². The average molecular weight is 322 g/mol. The van der Waals surface area contributed by atoms with Crippen LogP contribution < -0.4 is 5.32 Å². The van der Waals surface area contributed by atoms with Crippen molar-refractivity contribution in [2.45, 2.75) is 19.0 Å². The zero-order valence-corrected chi connectivity index (χ0v) is 11.5. The van der Waals surface area contributed by atoms with E-state index in [2.05, 4.69) is 20.0 Å². The van der Waals surface area contributed by atoms with Crippen LogP contribution in [0.4, 0.5) is 18.9 Å². The van der Waals surface area contributed by atoms with Crippen LogP contribution in [0.3, 0.4) is 0 Å². The first-order chi connectivity index (χ1) is 10.8. The van der Waals surface area contributed by atoms with E-state index in [0.717, 1.165) is 0 Å². The third-order valence-corrected chi connectivity index (χ3v) is 3.47. The molecule has 118 valence electrons. The van der Waals surface area contributed by atoms with Gasteiger partial charge in [0.05, 0.1) is 6.07 Å². The summed E-state index contributed by atoms with van der Waals surface area (Å²) in [6.45, 7) is 0. The first-order valence-corrected chi connectivity index (χ1v) is 6.58. The molecule has 1 aromatic carbocycles. The van der Waals surface area contributed by atoms with Gasteiger partial charge in [0.2, 0.25) is 11.7 Å². The molecule has 3 rings (SSSR count). The summed E-state index contributed by atoms with van der Waals surface area (Å²) in [4.78, 5) is 15.2. The zero-order chi connectivity index (χ0) is 16.7. The van der Waals surface area contributed by atoms with E-state index in [1.807, 2.05) is 6.07 Å². The minimum absolute atomic E-state index is 0.203. The number of alkyl halides is 3. The maximum Gasteiger partial charge on any atom is 0.471 e. The second-order valence-electron chi connectivity index (χ2n) is 5.15. The number of nitrogens with zero attached hydrogens (tertiary/aromatic N) is 3. The van der Waals surface area contributed by atoms with Gasteiger partial charge in [-0.05, 0) is 37.1 Å². The van der Waals surface area contributed by atoms with Gasteiger partial charge in [0.1, 0.15) is 5.41 Å². The van der Waals surface area contributed by atoms with Crippen LogP contribution in [0.25, 0.3) is 11.4 Å². The van der Waals surface area contributed by atoms with Gasteiger partial charge in [-0.1, -0.05) is 5.16 Å². The lowest BCUT2D eigenvalue weighted by molar-refractivity contribution is -0.159. The Morgan fingerprint density at radius 3 is 2.43 bits per heavy atom. The lowest BCUT2D eigenvalue weighted by Crippen LogP contribution is -2.22. The number of hydrogen-bond acceptors (Lipinski definition) is 5. The Balaban J connectivity index is 1.74. The number of carbonyl (C=O) groups is 1. The van der Waals surface area contributed by atoms with Crippen LogP contribution in [-0.2, 0) is 11.0 Å². The van der Waals surface area contributed by atoms with Crippen LogP contribution in [0.1, 0.15) is 18.7 Å². The van der Waals surface area contributed by atoms with Crippen molar-refractivity contribution in [3.63, 3.8) is 0 Å². The number of anilines is 1. The highest BCUT2D eigenvalue weighted by atomic mass is 19.4. The predicted octanol–water partition coefficient (Wildman–Crippen LogP) is 3.00. The summed E-state index contributed by atoms with van der Waals surface area (Å²) in [5.74, 6) is -2.01. The number of hydrogen-bond donors (Lipinski definition) is 1. The van der Waals surface area contributed by atoms with Crippen molar-refractivity contribution >= 4 is 11.6 Å². The monoisotopic (exact) mass is 322 g/mol. The molecule has 6 nitrogen and oxygen atoms in total. The van der Waals surface area contributed by atoms with Crippen molar-refractivity contribution in [1.29, 1.82) is 5.26 Å². The number of carbonyl (C=O) groups excluding carboxylic acids is 1. The number of benzene rings is 1. The molecule has 1 heterocycles. The standard InChI is InChI=1S/C14H9F3N4O2/c15-14(16,17)12-20-10(21-23-12)8-1-3-9(4-2-8)19-11(22)13(7-18)5-6-13/h1-4H,5-6H2,(H,19,22). The highest BCUT2D eigenvalue weighted by Crippen LogP contribution is 2.45. The molecule has 1 saturated carbocycles. The SMILES string of the molecule is N#CC1(C(=O)Nc2ccc(-c3noc(C(F)(F)F)n3)cc2)CC1. The van der Waals surface area contributed by atoms with E-state index >= 15 is 0 Å². The second-order valence-corrected chi connectivity index (χ2v) is 5.15. The maximum atomic E-state index is 12.4. The summed E-state index contributed by atoms with van der Waals surface area (Å²) in [5.41, 5.74) is -0.211. The van der Waals surface area contributed by atoms with E-state index < -0.39 is 17.5 Å². The minimum atomic E-state index is -4.70. The van der Waals surface area contributed by atoms with Crippen LogP contribution in [0, 0.1) is 16.7 Å². The van der Waals surface area contributed by atoms with E-state index in [-0.39, 0.29) is 11.7 Å². The quantitative estimate of drug-likeness (QED) is 0.938. The van der Waals surface area contributed by atoms with E-state index in [1.54, 1.807) is 0 Å². The summed E-state index contributed by atoms with van der Waals surface area (Å²) in [7, 11) is 0. The van der Waals surface area contributed by atoms with Crippen molar-refractivity contribution in [3.05, 3.63) is 30.2 Å². The molecule has 1 fully saturated rings. The molecule has 1 aliphatic carbocycles. The first-order valence-electron chi connectivity index (χ1n) is 6.58. The van der Waals surface area contributed by atoms with Crippen molar-refractivity contribution in [1.82, 2.24) is 10.1 Å². The number of amides is 1. The molecule has 23 heavy (non-hydrogen) atoms. The Hall–Kier alpha value is -2.89. The van der Waals surface area contributed by atoms with Crippen LogP contribution in [0.2, 0.25) is 0 Å². The molecule has 1 aromatic heterocycles. The Bertz CT molecular complexity index is 786. The summed E-state index contributed by atoms with van der Waals surface area (Å²) in [6.07, 6.45) is -3.65. The molecular formula is C14H9F3N4O2. The molecule has 0 spiro atoms. The van der Waals surface area contributed by atoms with Gasteiger partial charge in [-0.15, -0.1) is 0 Å². The van der Waals surface area contributed by atoms with Crippen molar-refractivity contribution in [2.24, 2.45) is 5.41 Å². The lowest BCUT2D eigenvalue weighted by atomic mass is 10.1. The van der Waals surface area contributed by atoms with Crippen molar-refractivity contribution in [3.8, 4) is 17.5 Å². The topological polar surface area (TPSA) is 91.8 Å². The number of nitrogens with one attached hydrogen (secondary N) is 1. The molecule has 0 atom stereocenters. The molecule has 0 bridgehead atoms. The van der Waals surface area contributed by atoms with Gasteiger partial charge >= 0.3 is 12.1 Å². The lowest BCUT2D eigenvalue weighted by Gasteiger charge is -2.08. The molecule has 1 N–H and O–H groups in total. The van der Waals surface area contributed by atoms with Crippen LogP contribution >= 0.6 is 0 Å². The fourth-order valence-electron chi connectivity index (χ4n) is 1.92. The summed E-state index contributed by atoms with van der Waals surface area (Å²) in [5, 5.41) is 14.8. The second kappa shape index (κ2) is 5.08. The van der Waals surface area contributed by atoms with Gasteiger partial charge in [0, 0.05) is 11.3 Å². The molecule has 9 heteroatoms. The smallest absolute Gasteiger partial charge is 0.329 e. The molecule has 0 aliphatic heterocycles. The molecule has 0 radical (unpaired) electrons. The summed E-state index contributed by atoms with van der Waals surface area (Å²) >= 11 is 0. The first kappa shape index (κ1) is 15.0.